The molecule has 0 saturated carbocycles. The fourth-order valence-electron chi connectivity index (χ4n) is 1.03. The molecule has 0 amide bonds. The van der Waals surface area contributed by atoms with Crippen molar-refractivity contribution in [2.24, 2.45) is 0 Å². The maximum atomic E-state index is 11.5. The summed E-state index contributed by atoms with van der Waals surface area (Å²) in [4.78, 5) is 0.619. The van der Waals surface area contributed by atoms with Crippen molar-refractivity contribution in [1.82, 2.24) is 0 Å². The van der Waals surface area contributed by atoms with Crippen LogP contribution in [0.2, 0.25) is 0 Å². The van der Waals surface area contributed by atoms with Gasteiger partial charge in [0.25, 0.3) is 0 Å². The lowest BCUT2D eigenvalue weighted by Gasteiger charge is -2.05. The second kappa shape index (κ2) is 4.39. The Labute approximate surface area is 80.0 Å². The number of anilines is 1. The summed E-state index contributed by atoms with van der Waals surface area (Å²) in [5.41, 5.74) is 7.19. The summed E-state index contributed by atoms with van der Waals surface area (Å²) in [6, 6.07) is 5.40. The van der Waals surface area contributed by atoms with E-state index in [-0.39, 0.29) is 12.4 Å². The van der Waals surface area contributed by atoms with Gasteiger partial charge in [0.2, 0.25) is 0 Å². The van der Waals surface area contributed by atoms with Crippen molar-refractivity contribution in [3.63, 3.8) is 0 Å². The molecule has 13 heavy (non-hydrogen) atoms. The van der Waals surface area contributed by atoms with E-state index in [1.54, 1.807) is 12.1 Å². The summed E-state index contributed by atoms with van der Waals surface area (Å²) in [6.45, 7) is 1.83. The monoisotopic (exact) mass is 199 g/mol. The summed E-state index contributed by atoms with van der Waals surface area (Å²) in [5.74, 6) is 0.244. The second-order valence-electron chi connectivity index (χ2n) is 2.81. The Morgan fingerprint density at radius 1 is 1.54 bits per heavy atom. The van der Waals surface area contributed by atoms with Gasteiger partial charge in [-0.2, -0.15) is 0 Å². The van der Waals surface area contributed by atoms with Crippen molar-refractivity contribution >= 4 is 16.5 Å². The maximum absolute atomic E-state index is 11.5. The molecule has 3 N–H and O–H groups in total. The van der Waals surface area contributed by atoms with Crippen LogP contribution in [0.5, 0.6) is 0 Å². The Balaban J connectivity index is 2.99. The van der Waals surface area contributed by atoms with Crippen LogP contribution in [0.4, 0.5) is 5.69 Å². The number of aliphatic hydroxyl groups excluding tert-OH is 1. The number of aryl methyl sites for hydroxylation is 1. The second-order valence-corrected chi connectivity index (χ2v) is 4.35. The summed E-state index contributed by atoms with van der Waals surface area (Å²) < 4.78 is 11.5. The number of hydrogen-bond donors (Lipinski definition) is 2. The molecule has 0 fully saturated rings. The Hall–Kier alpha value is -0.870. The standard InChI is InChI=1S/C9H13NO2S/c1-7-2-3-8(10)9(6-7)13(12)5-4-11/h2-3,6,11H,4-5,10H2,1H3. The largest absolute Gasteiger partial charge is 0.398 e. The van der Waals surface area contributed by atoms with Gasteiger partial charge in [-0.05, 0) is 24.6 Å². The molecule has 1 atom stereocenters. The van der Waals surface area contributed by atoms with Crippen LogP contribution in [0.3, 0.4) is 0 Å². The number of hydrogen-bond acceptors (Lipinski definition) is 3. The fourth-order valence-corrected chi connectivity index (χ4v) is 2.07. The first-order valence-electron chi connectivity index (χ1n) is 4.00. The summed E-state index contributed by atoms with van der Waals surface area (Å²) in [7, 11) is -1.18. The Morgan fingerprint density at radius 3 is 2.85 bits per heavy atom. The molecule has 0 saturated heterocycles. The van der Waals surface area contributed by atoms with E-state index in [1.165, 1.54) is 0 Å². The van der Waals surface area contributed by atoms with Crippen LogP contribution in [0.1, 0.15) is 5.56 Å². The molecule has 0 aliphatic rings. The number of benzene rings is 1. The molecule has 0 aliphatic carbocycles. The van der Waals surface area contributed by atoms with Gasteiger partial charge in [-0.1, -0.05) is 6.07 Å². The van der Waals surface area contributed by atoms with Crippen LogP contribution in [0.15, 0.2) is 23.1 Å². The van der Waals surface area contributed by atoms with E-state index in [2.05, 4.69) is 0 Å². The lowest BCUT2D eigenvalue weighted by atomic mass is 10.2. The molecule has 0 bridgehead atoms. The zero-order valence-electron chi connectivity index (χ0n) is 7.49. The Kier molecular flexibility index (Phi) is 3.45. The molecular weight excluding hydrogens is 186 g/mol. The molecule has 1 aromatic rings. The number of nitrogens with two attached hydrogens (primary N) is 1. The zero-order chi connectivity index (χ0) is 9.84. The summed E-state index contributed by atoms with van der Waals surface area (Å²) in [5, 5.41) is 8.62. The lowest BCUT2D eigenvalue weighted by Crippen LogP contribution is -2.05. The van der Waals surface area contributed by atoms with E-state index in [9.17, 15) is 4.21 Å². The third-order valence-corrected chi connectivity index (χ3v) is 3.09. The SMILES string of the molecule is Cc1ccc(N)c(S(=O)CCO)c1. The molecule has 72 valence electrons. The van der Waals surface area contributed by atoms with E-state index in [0.29, 0.717) is 10.6 Å². The van der Waals surface area contributed by atoms with E-state index < -0.39 is 10.8 Å². The van der Waals surface area contributed by atoms with Crippen LogP contribution in [-0.2, 0) is 10.8 Å². The van der Waals surface area contributed by atoms with Crippen LogP contribution in [0, 0.1) is 6.92 Å². The molecule has 4 heteroatoms. The molecule has 0 spiro atoms. The predicted octanol–water partition coefficient (Wildman–Crippen LogP) is 0.677. The molecule has 1 rings (SSSR count). The normalized spacial score (nSPS) is 12.8. The number of rotatable bonds is 3. The van der Waals surface area contributed by atoms with Gasteiger partial charge in [-0.3, -0.25) is 4.21 Å². The van der Waals surface area contributed by atoms with Gasteiger partial charge < -0.3 is 10.8 Å². The third-order valence-electron chi connectivity index (χ3n) is 1.69. The van der Waals surface area contributed by atoms with E-state index in [0.717, 1.165) is 5.56 Å². The van der Waals surface area contributed by atoms with Crippen molar-refractivity contribution in [1.29, 1.82) is 0 Å². The lowest BCUT2D eigenvalue weighted by molar-refractivity contribution is 0.321. The minimum absolute atomic E-state index is 0.0833. The number of nitrogen functional groups attached to an aromatic ring is 1. The zero-order valence-corrected chi connectivity index (χ0v) is 8.30. The molecule has 1 aromatic carbocycles. The van der Waals surface area contributed by atoms with Crippen molar-refractivity contribution in [2.75, 3.05) is 18.1 Å². The van der Waals surface area contributed by atoms with Gasteiger partial charge in [0.1, 0.15) is 0 Å². The minimum Gasteiger partial charge on any atom is -0.398 e. The maximum Gasteiger partial charge on any atom is 0.0620 e. The average molecular weight is 199 g/mol. The average Bonchev–Trinajstić information content (AvgIpc) is 2.09. The van der Waals surface area contributed by atoms with Gasteiger partial charge >= 0.3 is 0 Å². The molecule has 1 unspecified atom stereocenters. The van der Waals surface area contributed by atoms with Crippen molar-refractivity contribution in [3.8, 4) is 0 Å². The van der Waals surface area contributed by atoms with Crippen LogP contribution < -0.4 is 5.73 Å². The van der Waals surface area contributed by atoms with E-state index >= 15 is 0 Å². The minimum atomic E-state index is -1.18. The van der Waals surface area contributed by atoms with Gasteiger partial charge in [0.05, 0.1) is 28.1 Å². The summed E-state index contributed by atoms with van der Waals surface area (Å²) in [6.07, 6.45) is 0. The Bertz CT molecular complexity index is 325. The van der Waals surface area contributed by atoms with Crippen molar-refractivity contribution < 1.29 is 9.32 Å². The highest BCUT2D eigenvalue weighted by Crippen LogP contribution is 2.17. The molecular formula is C9H13NO2S. The first-order chi connectivity index (χ1) is 6.15. The molecule has 0 aromatic heterocycles. The Morgan fingerprint density at radius 2 is 2.23 bits per heavy atom. The van der Waals surface area contributed by atoms with Crippen molar-refractivity contribution in [3.05, 3.63) is 23.8 Å². The van der Waals surface area contributed by atoms with E-state index in [4.69, 9.17) is 10.8 Å². The number of aliphatic hydroxyl groups is 1. The smallest absolute Gasteiger partial charge is 0.0620 e. The van der Waals surface area contributed by atoms with E-state index in [1.807, 2.05) is 13.0 Å². The highest BCUT2D eigenvalue weighted by molar-refractivity contribution is 7.85. The van der Waals surface area contributed by atoms with Crippen molar-refractivity contribution in [2.45, 2.75) is 11.8 Å². The predicted molar refractivity (Wildman–Crippen MR) is 54.0 cm³/mol. The highest BCUT2D eigenvalue weighted by Gasteiger charge is 2.06. The topological polar surface area (TPSA) is 63.3 Å². The molecule has 0 aliphatic heterocycles. The molecule has 0 heterocycles. The first-order valence-corrected chi connectivity index (χ1v) is 5.32. The summed E-state index contributed by atoms with van der Waals surface area (Å²) >= 11 is 0. The highest BCUT2D eigenvalue weighted by atomic mass is 32.2. The van der Waals surface area contributed by atoms with Gasteiger partial charge in [0.15, 0.2) is 0 Å². The van der Waals surface area contributed by atoms with Crippen LogP contribution >= 0.6 is 0 Å². The van der Waals surface area contributed by atoms with Gasteiger partial charge in [-0.15, -0.1) is 0 Å². The van der Waals surface area contributed by atoms with Crippen LogP contribution in [-0.4, -0.2) is 21.7 Å². The molecule has 0 radical (unpaired) electrons. The quantitative estimate of drug-likeness (QED) is 0.703. The third kappa shape index (κ3) is 2.54. The first kappa shape index (κ1) is 10.2. The van der Waals surface area contributed by atoms with Gasteiger partial charge in [0, 0.05) is 5.69 Å². The van der Waals surface area contributed by atoms with Crippen LogP contribution in [0.25, 0.3) is 0 Å². The molecule has 3 nitrogen and oxygen atoms in total. The fraction of sp³-hybridized carbons (Fsp3) is 0.333. The van der Waals surface area contributed by atoms with Gasteiger partial charge in [-0.25, -0.2) is 0 Å².